The molecule has 6 nitrogen and oxygen atoms in total. The quantitative estimate of drug-likeness (QED) is 0.699. The number of amides is 3. The predicted octanol–water partition coefficient (Wildman–Crippen LogP) is 4.49. The molecule has 148 valence electrons. The van der Waals surface area contributed by atoms with Crippen LogP contribution in [0.3, 0.4) is 0 Å². The summed E-state index contributed by atoms with van der Waals surface area (Å²) in [5, 5.41) is 5.97. The number of hydrogen-bond acceptors (Lipinski definition) is 6. The molecule has 2 N–H and O–H groups in total. The molecule has 0 aliphatic heterocycles. The number of ether oxygens (including phenoxy) is 1. The molecule has 0 fully saturated rings. The number of anilines is 1. The van der Waals surface area contributed by atoms with Crippen LogP contribution in [-0.4, -0.2) is 30.3 Å². The van der Waals surface area contributed by atoms with Gasteiger partial charge in [0.1, 0.15) is 5.00 Å². The number of aryl methyl sites for hydroxylation is 1. The van der Waals surface area contributed by atoms with Gasteiger partial charge in [-0.15, -0.1) is 23.1 Å². The Labute approximate surface area is 172 Å². The van der Waals surface area contributed by atoms with Crippen LogP contribution >= 0.6 is 23.1 Å². The van der Waals surface area contributed by atoms with Crippen LogP contribution in [0, 0.1) is 0 Å². The van der Waals surface area contributed by atoms with Crippen molar-refractivity contribution in [3.63, 3.8) is 0 Å². The highest BCUT2D eigenvalue weighted by Gasteiger charge is 2.28. The van der Waals surface area contributed by atoms with Gasteiger partial charge in [0.25, 0.3) is 11.8 Å². The fraction of sp³-hybridized carbons (Fsp3) is 0.350. The maximum absolute atomic E-state index is 12.7. The second-order valence-corrected chi connectivity index (χ2v) is 9.41. The third kappa shape index (κ3) is 4.56. The first-order valence-electron chi connectivity index (χ1n) is 9.01. The molecule has 1 aromatic carbocycles. The van der Waals surface area contributed by atoms with Gasteiger partial charge in [0, 0.05) is 20.6 Å². The molecule has 28 heavy (non-hydrogen) atoms. The average Bonchev–Trinajstić information content (AvgIpc) is 3.22. The Kier molecular flexibility index (Phi) is 6.41. The number of alkyl carbamates (subject to hydrolysis) is 1. The zero-order chi connectivity index (χ0) is 20.3. The smallest absolute Gasteiger partial charge is 0.413 e. The van der Waals surface area contributed by atoms with Gasteiger partial charge in [-0.1, -0.05) is 13.8 Å². The summed E-state index contributed by atoms with van der Waals surface area (Å²) in [4.78, 5) is 38.9. The van der Waals surface area contributed by atoms with Crippen molar-refractivity contribution in [3.05, 3.63) is 45.8 Å². The Hall–Kier alpha value is -2.32. The molecule has 1 aliphatic rings. The van der Waals surface area contributed by atoms with E-state index in [9.17, 15) is 14.4 Å². The molecule has 0 saturated carbocycles. The fourth-order valence-corrected chi connectivity index (χ4v) is 5.19. The van der Waals surface area contributed by atoms with Gasteiger partial charge < -0.3 is 10.1 Å². The lowest BCUT2D eigenvalue weighted by atomic mass is 10.1. The number of fused-ring (bicyclic) bond motifs is 1. The van der Waals surface area contributed by atoms with E-state index in [-0.39, 0.29) is 5.91 Å². The topological polar surface area (TPSA) is 84.5 Å². The van der Waals surface area contributed by atoms with E-state index in [2.05, 4.69) is 29.2 Å². The second kappa shape index (κ2) is 8.79. The molecule has 3 amide bonds. The molecular weight excluding hydrogens is 396 g/mol. The van der Waals surface area contributed by atoms with Crippen molar-refractivity contribution >= 4 is 46.0 Å². The molecule has 0 saturated heterocycles. The van der Waals surface area contributed by atoms with Gasteiger partial charge in [-0.05, 0) is 49.1 Å². The number of carbonyl (C=O) groups excluding carboxylic acids is 3. The van der Waals surface area contributed by atoms with E-state index in [1.165, 1.54) is 18.4 Å². The maximum Gasteiger partial charge on any atom is 0.413 e. The minimum atomic E-state index is -0.821. The van der Waals surface area contributed by atoms with E-state index in [1.807, 2.05) is 12.1 Å². The molecule has 1 aliphatic carbocycles. The van der Waals surface area contributed by atoms with E-state index in [4.69, 9.17) is 0 Å². The van der Waals surface area contributed by atoms with Crippen molar-refractivity contribution in [2.24, 2.45) is 0 Å². The predicted molar refractivity (Wildman–Crippen MR) is 112 cm³/mol. The van der Waals surface area contributed by atoms with Crippen LogP contribution in [-0.2, 0) is 17.6 Å². The standard InChI is InChI=1S/C20H22N2O4S2/c1-11(2)27-13-9-7-12(8-10-13)17(23)21-19-16(18(24)22-20(25)26-3)14-5-4-6-15(14)28-19/h7-11H,4-6H2,1-3H3,(H,21,23)(H,22,24,25). The number of methoxy groups -OCH3 is 1. The number of rotatable bonds is 5. The van der Waals surface area contributed by atoms with Gasteiger partial charge in [0.2, 0.25) is 0 Å². The lowest BCUT2D eigenvalue weighted by molar-refractivity contribution is 0.0937. The molecule has 3 rings (SSSR count). The van der Waals surface area contributed by atoms with Crippen LogP contribution in [0.5, 0.6) is 0 Å². The highest BCUT2D eigenvalue weighted by molar-refractivity contribution is 7.99. The van der Waals surface area contributed by atoms with Crippen molar-refractivity contribution in [2.45, 2.75) is 43.3 Å². The van der Waals surface area contributed by atoms with E-state index in [0.717, 1.165) is 34.6 Å². The SMILES string of the molecule is COC(=O)NC(=O)c1c(NC(=O)c2ccc(SC(C)C)cc2)sc2c1CCC2. The maximum atomic E-state index is 12.7. The third-order valence-electron chi connectivity index (χ3n) is 4.26. The second-order valence-electron chi connectivity index (χ2n) is 6.65. The highest BCUT2D eigenvalue weighted by atomic mass is 32.2. The van der Waals surface area contributed by atoms with Crippen molar-refractivity contribution in [1.29, 1.82) is 0 Å². The number of benzene rings is 1. The average molecular weight is 419 g/mol. The molecule has 0 unspecified atom stereocenters. The zero-order valence-electron chi connectivity index (χ0n) is 16.0. The monoisotopic (exact) mass is 418 g/mol. The summed E-state index contributed by atoms with van der Waals surface area (Å²) in [6.45, 7) is 4.23. The molecule has 0 radical (unpaired) electrons. The van der Waals surface area contributed by atoms with E-state index < -0.39 is 12.0 Å². The fourth-order valence-electron chi connectivity index (χ4n) is 3.07. The summed E-state index contributed by atoms with van der Waals surface area (Å²) in [5.74, 6) is -0.835. The molecule has 2 aromatic rings. The Morgan fingerprint density at radius 1 is 1.11 bits per heavy atom. The first-order chi connectivity index (χ1) is 13.4. The van der Waals surface area contributed by atoms with E-state index in [1.54, 1.807) is 23.9 Å². The van der Waals surface area contributed by atoms with Gasteiger partial charge in [0.05, 0.1) is 12.7 Å². The Balaban J connectivity index is 1.81. The third-order valence-corrected chi connectivity index (χ3v) is 6.49. The van der Waals surface area contributed by atoms with Gasteiger partial charge in [-0.25, -0.2) is 4.79 Å². The summed E-state index contributed by atoms with van der Waals surface area (Å²) >= 11 is 3.12. The van der Waals surface area contributed by atoms with Crippen LogP contribution in [0.1, 0.15) is 51.4 Å². The molecule has 0 spiro atoms. The van der Waals surface area contributed by atoms with Gasteiger partial charge in [-0.2, -0.15) is 0 Å². The van der Waals surface area contributed by atoms with Gasteiger partial charge >= 0.3 is 6.09 Å². The van der Waals surface area contributed by atoms with Crippen LogP contribution < -0.4 is 10.6 Å². The summed E-state index contributed by atoms with van der Waals surface area (Å²) in [6.07, 6.45) is 1.77. The first-order valence-corrected chi connectivity index (χ1v) is 10.7. The zero-order valence-corrected chi connectivity index (χ0v) is 17.6. The molecule has 1 heterocycles. The molecule has 0 atom stereocenters. The number of nitrogens with one attached hydrogen (secondary N) is 2. The van der Waals surface area contributed by atoms with E-state index >= 15 is 0 Å². The summed E-state index contributed by atoms with van der Waals surface area (Å²) in [6, 6.07) is 7.38. The summed E-state index contributed by atoms with van der Waals surface area (Å²) < 4.78 is 4.51. The van der Waals surface area contributed by atoms with Crippen LogP contribution in [0.2, 0.25) is 0 Å². The Bertz CT molecular complexity index is 904. The summed E-state index contributed by atoms with van der Waals surface area (Å²) in [5.41, 5.74) is 1.79. The molecule has 8 heteroatoms. The number of hydrogen-bond donors (Lipinski definition) is 2. The first kappa shape index (κ1) is 20.4. The van der Waals surface area contributed by atoms with Crippen LogP contribution in [0.4, 0.5) is 9.80 Å². The van der Waals surface area contributed by atoms with Gasteiger partial charge in [0.15, 0.2) is 0 Å². The van der Waals surface area contributed by atoms with Crippen molar-refractivity contribution in [3.8, 4) is 0 Å². The van der Waals surface area contributed by atoms with Crippen molar-refractivity contribution in [1.82, 2.24) is 5.32 Å². The Morgan fingerprint density at radius 3 is 2.46 bits per heavy atom. The molecular formula is C20H22N2O4S2. The lowest BCUT2D eigenvalue weighted by Gasteiger charge is -2.09. The van der Waals surface area contributed by atoms with Crippen LogP contribution in [0.25, 0.3) is 0 Å². The Morgan fingerprint density at radius 2 is 1.82 bits per heavy atom. The number of carbonyl (C=O) groups is 3. The minimum absolute atomic E-state index is 0.284. The minimum Gasteiger partial charge on any atom is -0.453 e. The van der Waals surface area contributed by atoms with Crippen LogP contribution in [0.15, 0.2) is 29.2 Å². The van der Waals surface area contributed by atoms with Gasteiger partial charge in [-0.3, -0.25) is 14.9 Å². The highest BCUT2D eigenvalue weighted by Crippen LogP contribution is 2.39. The largest absolute Gasteiger partial charge is 0.453 e. The number of thioether (sulfide) groups is 1. The number of imide groups is 1. The molecule has 0 bridgehead atoms. The molecule has 1 aromatic heterocycles. The normalized spacial score (nSPS) is 12.6. The lowest BCUT2D eigenvalue weighted by Crippen LogP contribution is -2.31. The summed E-state index contributed by atoms with van der Waals surface area (Å²) in [7, 11) is 1.20. The number of thiophene rings is 1. The van der Waals surface area contributed by atoms with E-state index in [0.29, 0.717) is 21.4 Å². The van der Waals surface area contributed by atoms with Crippen molar-refractivity contribution in [2.75, 3.05) is 12.4 Å². The van der Waals surface area contributed by atoms with Crippen molar-refractivity contribution < 1.29 is 19.1 Å².